The zero-order valence-electron chi connectivity index (χ0n) is 10.3. The number of amides is 1. The summed E-state index contributed by atoms with van der Waals surface area (Å²) in [6, 6.07) is 3.77. The van der Waals surface area contributed by atoms with Gasteiger partial charge in [0, 0.05) is 18.8 Å². The SMILES string of the molecule is C=CCN(C(=O)c1cccnc1Cl)C1CCCC1. The van der Waals surface area contributed by atoms with Crippen molar-refractivity contribution in [2.75, 3.05) is 6.54 Å². The Balaban J connectivity index is 2.22. The Labute approximate surface area is 112 Å². The van der Waals surface area contributed by atoms with Crippen LogP contribution in [0.2, 0.25) is 5.15 Å². The van der Waals surface area contributed by atoms with E-state index in [1.165, 1.54) is 12.8 Å². The van der Waals surface area contributed by atoms with Gasteiger partial charge in [-0.3, -0.25) is 4.79 Å². The molecule has 1 aromatic heterocycles. The quantitative estimate of drug-likeness (QED) is 0.617. The number of carbonyl (C=O) groups is 1. The van der Waals surface area contributed by atoms with Crippen LogP contribution in [0, 0.1) is 0 Å². The molecule has 1 heterocycles. The lowest BCUT2D eigenvalue weighted by atomic mass is 10.1. The van der Waals surface area contributed by atoms with Crippen molar-refractivity contribution >= 4 is 17.5 Å². The molecular formula is C14H17ClN2O. The summed E-state index contributed by atoms with van der Waals surface area (Å²) in [4.78, 5) is 18.3. The first-order chi connectivity index (χ1) is 8.74. The molecule has 4 heteroatoms. The van der Waals surface area contributed by atoms with Gasteiger partial charge in [0.2, 0.25) is 0 Å². The zero-order valence-corrected chi connectivity index (χ0v) is 11.1. The molecule has 1 fully saturated rings. The maximum Gasteiger partial charge on any atom is 0.257 e. The number of rotatable bonds is 4. The van der Waals surface area contributed by atoms with Gasteiger partial charge in [-0.05, 0) is 25.0 Å². The molecule has 0 bridgehead atoms. The Hall–Kier alpha value is -1.35. The van der Waals surface area contributed by atoms with Gasteiger partial charge in [-0.2, -0.15) is 0 Å². The number of halogens is 1. The Morgan fingerprint density at radius 3 is 2.89 bits per heavy atom. The van der Waals surface area contributed by atoms with E-state index in [-0.39, 0.29) is 11.1 Å². The first-order valence-corrected chi connectivity index (χ1v) is 6.64. The summed E-state index contributed by atoms with van der Waals surface area (Å²) in [7, 11) is 0. The highest BCUT2D eigenvalue weighted by molar-refractivity contribution is 6.32. The second-order valence-corrected chi connectivity index (χ2v) is 4.88. The molecule has 0 unspecified atom stereocenters. The predicted octanol–water partition coefficient (Wildman–Crippen LogP) is 3.31. The summed E-state index contributed by atoms with van der Waals surface area (Å²) in [5, 5.41) is 0.273. The lowest BCUT2D eigenvalue weighted by Gasteiger charge is -2.28. The molecule has 1 aliphatic carbocycles. The van der Waals surface area contributed by atoms with Gasteiger partial charge in [-0.1, -0.05) is 30.5 Å². The molecule has 0 N–H and O–H groups in total. The van der Waals surface area contributed by atoms with Gasteiger partial charge >= 0.3 is 0 Å². The summed E-state index contributed by atoms with van der Waals surface area (Å²) in [6.07, 6.45) is 7.86. The van der Waals surface area contributed by atoms with Gasteiger partial charge in [-0.15, -0.1) is 6.58 Å². The molecule has 0 aliphatic heterocycles. The van der Waals surface area contributed by atoms with Crippen LogP contribution in [-0.4, -0.2) is 28.4 Å². The lowest BCUT2D eigenvalue weighted by Crippen LogP contribution is -2.39. The molecule has 0 atom stereocenters. The van der Waals surface area contributed by atoms with Crippen molar-refractivity contribution in [1.29, 1.82) is 0 Å². The first kappa shape index (κ1) is 13.1. The lowest BCUT2D eigenvalue weighted by molar-refractivity contribution is 0.0706. The number of pyridine rings is 1. The Morgan fingerprint density at radius 1 is 1.56 bits per heavy atom. The van der Waals surface area contributed by atoms with E-state index in [0.717, 1.165) is 12.8 Å². The van der Waals surface area contributed by atoms with Crippen LogP contribution >= 0.6 is 11.6 Å². The summed E-state index contributed by atoms with van der Waals surface area (Å²) >= 11 is 5.99. The monoisotopic (exact) mass is 264 g/mol. The average molecular weight is 265 g/mol. The molecule has 1 aliphatic rings. The van der Waals surface area contributed by atoms with Crippen molar-refractivity contribution < 1.29 is 4.79 Å². The molecule has 0 saturated heterocycles. The second kappa shape index (κ2) is 6.01. The maximum atomic E-state index is 12.5. The molecule has 0 radical (unpaired) electrons. The second-order valence-electron chi connectivity index (χ2n) is 4.53. The zero-order chi connectivity index (χ0) is 13.0. The van der Waals surface area contributed by atoms with Gasteiger partial charge < -0.3 is 4.90 Å². The van der Waals surface area contributed by atoms with Gasteiger partial charge in [0.1, 0.15) is 5.15 Å². The minimum atomic E-state index is -0.0418. The van der Waals surface area contributed by atoms with Gasteiger partial charge in [0.15, 0.2) is 0 Å². The third kappa shape index (κ3) is 2.72. The molecule has 0 aromatic carbocycles. The predicted molar refractivity (Wildman–Crippen MR) is 72.7 cm³/mol. The third-order valence-electron chi connectivity index (χ3n) is 3.34. The fourth-order valence-corrected chi connectivity index (χ4v) is 2.65. The van der Waals surface area contributed by atoms with Crippen molar-refractivity contribution in [2.24, 2.45) is 0 Å². The van der Waals surface area contributed by atoms with E-state index in [1.807, 2.05) is 4.90 Å². The fourth-order valence-electron chi connectivity index (χ4n) is 2.45. The van der Waals surface area contributed by atoms with Crippen molar-refractivity contribution in [3.63, 3.8) is 0 Å². The van der Waals surface area contributed by atoms with E-state index in [1.54, 1.807) is 24.4 Å². The van der Waals surface area contributed by atoms with Gasteiger partial charge in [-0.25, -0.2) is 4.98 Å². The smallest absolute Gasteiger partial charge is 0.257 e. The van der Waals surface area contributed by atoms with Crippen molar-refractivity contribution in [3.05, 3.63) is 41.7 Å². The van der Waals surface area contributed by atoms with Crippen molar-refractivity contribution in [2.45, 2.75) is 31.7 Å². The maximum absolute atomic E-state index is 12.5. The van der Waals surface area contributed by atoms with Crippen LogP contribution in [-0.2, 0) is 0 Å². The number of hydrogen-bond acceptors (Lipinski definition) is 2. The van der Waals surface area contributed by atoms with Crippen LogP contribution < -0.4 is 0 Å². The average Bonchev–Trinajstić information content (AvgIpc) is 2.89. The normalized spacial score (nSPS) is 15.6. The van der Waals surface area contributed by atoms with Crippen molar-refractivity contribution in [3.8, 4) is 0 Å². The van der Waals surface area contributed by atoms with Crippen LogP contribution in [0.5, 0.6) is 0 Å². The van der Waals surface area contributed by atoms with Crippen LogP contribution in [0.25, 0.3) is 0 Å². The molecular weight excluding hydrogens is 248 g/mol. The number of hydrogen-bond donors (Lipinski definition) is 0. The van der Waals surface area contributed by atoms with Gasteiger partial charge in [0.05, 0.1) is 5.56 Å². The number of aromatic nitrogens is 1. The molecule has 3 nitrogen and oxygen atoms in total. The minimum Gasteiger partial charge on any atom is -0.332 e. The highest BCUT2D eigenvalue weighted by atomic mass is 35.5. The van der Waals surface area contributed by atoms with E-state index < -0.39 is 0 Å². The Morgan fingerprint density at radius 2 is 2.28 bits per heavy atom. The molecule has 1 aromatic rings. The summed E-state index contributed by atoms with van der Waals surface area (Å²) in [6.45, 7) is 4.29. The fraction of sp³-hybridized carbons (Fsp3) is 0.429. The van der Waals surface area contributed by atoms with E-state index in [0.29, 0.717) is 18.2 Å². The molecule has 2 rings (SSSR count). The van der Waals surface area contributed by atoms with E-state index in [2.05, 4.69) is 11.6 Å². The highest BCUT2D eigenvalue weighted by Crippen LogP contribution is 2.26. The Kier molecular flexibility index (Phi) is 4.37. The molecule has 96 valence electrons. The summed E-state index contributed by atoms with van der Waals surface area (Å²) in [5.74, 6) is -0.0418. The molecule has 1 amide bonds. The summed E-state index contributed by atoms with van der Waals surface area (Å²) in [5.41, 5.74) is 0.480. The van der Waals surface area contributed by atoms with Gasteiger partial charge in [0.25, 0.3) is 5.91 Å². The van der Waals surface area contributed by atoms with Crippen LogP contribution in [0.4, 0.5) is 0 Å². The van der Waals surface area contributed by atoms with Crippen LogP contribution in [0.1, 0.15) is 36.0 Å². The highest BCUT2D eigenvalue weighted by Gasteiger charge is 2.27. The standard InChI is InChI=1S/C14H17ClN2O/c1-2-10-17(11-6-3-4-7-11)14(18)12-8-5-9-16-13(12)15/h2,5,8-9,11H,1,3-4,6-7,10H2. The van der Waals surface area contributed by atoms with E-state index in [9.17, 15) is 4.79 Å². The summed E-state index contributed by atoms with van der Waals surface area (Å²) < 4.78 is 0. The first-order valence-electron chi connectivity index (χ1n) is 6.26. The van der Waals surface area contributed by atoms with Crippen LogP contribution in [0.3, 0.4) is 0 Å². The molecule has 1 saturated carbocycles. The van der Waals surface area contributed by atoms with E-state index >= 15 is 0 Å². The molecule has 18 heavy (non-hydrogen) atoms. The van der Waals surface area contributed by atoms with Crippen LogP contribution in [0.15, 0.2) is 31.0 Å². The third-order valence-corrected chi connectivity index (χ3v) is 3.64. The Bertz CT molecular complexity index is 441. The molecule has 0 spiro atoms. The van der Waals surface area contributed by atoms with Crippen molar-refractivity contribution in [1.82, 2.24) is 9.88 Å². The number of carbonyl (C=O) groups excluding carboxylic acids is 1. The minimum absolute atomic E-state index is 0.0418. The topological polar surface area (TPSA) is 33.2 Å². The largest absolute Gasteiger partial charge is 0.332 e. The number of nitrogens with zero attached hydrogens (tertiary/aromatic N) is 2. The van der Waals surface area contributed by atoms with E-state index in [4.69, 9.17) is 11.6 Å².